The number of rotatable bonds is 4. The molecule has 0 bridgehead atoms. The van der Waals surface area contributed by atoms with Crippen LogP contribution in [-0.4, -0.2) is 43.7 Å². The van der Waals surface area contributed by atoms with Crippen LogP contribution >= 0.6 is 0 Å². The molecule has 1 spiro atoms. The average molecular weight is 369 g/mol. The van der Waals surface area contributed by atoms with Crippen molar-refractivity contribution in [2.75, 3.05) is 0 Å². The molecule has 27 heavy (non-hydrogen) atoms. The number of aromatic nitrogens is 2. The van der Waals surface area contributed by atoms with Gasteiger partial charge in [-0.3, -0.25) is 9.59 Å². The van der Waals surface area contributed by atoms with Gasteiger partial charge >= 0.3 is 6.03 Å². The quantitative estimate of drug-likeness (QED) is 0.799. The second-order valence-corrected chi connectivity index (χ2v) is 7.44. The molecule has 8 heteroatoms. The minimum atomic E-state index is -0.865. The lowest BCUT2D eigenvalue weighted by Gasteiger charge is -2.23. The predicted molar refractivity (Wildman–Crippen MR) is 97.8 cm³/mol. The van der Waals surface area contributed by atoms with Crippen molar-refractivity contribution >= 4 is 23.5 Å². The van der Waals surface area contributed by atoms with Gasteiger partial charge in [0.05, 0.1) is 12.2 Å². The van der Waals surface area contributed by atoms with Crippen molar-refractivity contribution in [3.8, 4) is 0 Å². The van der Waals surface area contributed by atoms with Crippen LogP contribution in [0.15, 0.2) is 24.5 Å². The predicted octanol–water partition coefficient (Wildman–Crippen LogP) is 1.51. The fraction of sp³-hybridized carbons (Fsp3) is 0.474. The molecule has 1 atom stereocenters. The fourth-order valence-electron chi connectivity index (χ4n) is 4.04. The molecule has 0 radical (unpaired) electrons. The highest BCUT2D eigenvalue weighted by atomic mass is 16.2. The van der Waals surface area contributed by atoms with Gasteiger partial charge in [0, 0.05) is 12.4 Å². The Morgan fingerprint density at radius 3 is 2.81 bits per heavy atom. The van der Waals surface area contributed by atoms with E-state index < -0.39 is 17.6 Å². The molecule has 0 aromatic carbocycles. The van der Waals surface area contributed by atoms with E-state index in [1.807, 2.05) is 35.9 Å². The summed E-state index contributed by atoms with van der Waals surface area (Å²) in [6.45, 7) is 3.79. The SMILES string of the molecule is Cc1cccn2cc(CNC(=O)C(C)N3C(=O)NC4(CCCC4)C3=O)nc12. The number of hydrogen-bond donors (Lipinski definition) is 2. The Bertz CT molecular complexity index is 929. The van der Waals surface area contributed by atoms with E-state index in [1.54, 1.807) is 6.92 Å². The fourth-order valence-corrected chi connectivity index (χ4v) is 4.04. The first-order valence-electron chi connectivity index (χ1n) is 9.28. The second-order valence-electron chi connectivity index (χ2n) is 7.44. The zero-order chi connectivity index (χ0) is 19.2. The van der Waals surface area contributed by atoms with E-state index in [-0.39, 0.29) is 18.4 Å². The van der Waals surface area contributed by atoms with Gasteiger partial charge in [0.25, 0.3) is 5.91 Å². The molecule has 2 aromatic rings. The number of nitrogens with one attached hydrogen (secondary N) is 2. The summed E-state index contributed by atoms with van der Waals surface area (Å²) in [5, 5.41) is 5.59. The summed E-state index contributed by atoms with van der Waals surface area (Å²) in [5.74, 6) is -0.654. The number of fused-ring (bicyclic) bond motifs is 1. The molecule has 2 aliphatic rings. The van der Waals surface area contributed by atoms with Crippen molar-refractivity contribution in [1.29, 1.82) is 0 Å². The third-order valence-corrected chi connectivity index (χ3v) is 5.59. The van der Waals surface area contributed by atoms with Crippen molar-refractivity contribution in [1.82, 2.24) is 24.9 Å². The third kappa shape index (κ3) is 2.85. The highest BCUT2D eigenvalue weighted by Crippen LogP contribution is 2.35. The summed E-state index contributed by atoms with van der Waals surface area (Å²) < 4.78 is 1.90. The van der Waals surface area contributed by atoms with E-state index >= 15 is 0 Å². The average Bonchev–Trinajstić information content (AvgIpc) is 3.32. The van der Waals surface area contributed by atoms with Gasteiger partial charge in [-0.25, -0.2) is 14.7 Å². The Balaban J connectivity index is 1.44. The number of imide groups is 1. The first-order chi connectivity index (χ1) is 12.9. The number of carbonyl (C=O) groups excluding carboxylic acids is 3. The maximum atomic E-state index is 12.8. The molecule has 142 valence electrons. The topological polar surface area (TPSA) is 95.8 Å². The molecule has 1 aliphatic carbocycles. The van der Waals surface area contributed by atoms with Crippen LogP contribution in [0.5, 0.6) is 0 Å². The van der Waals surface area contributed by atoms with Crippen LogP contribution in [-0.2, 0) is 16.1 Å². The zero-order valence-electron chi connectivity index (χ0n) is 15.5. The van der Waals surface area contributed by atoms with Crippen LogP contribution in [0.2, 0.25) is 0 Å². The van der Waals surface area contributed by atoms with E-state index in [1.165, 1.54) is 0 Å². The molecule has 1 unspecified atom stereocenters. The summed E-state index contributed by atoms with van der Waals surface area (Å²) in [4.78, 5) is 43.2. The number of aryl methyl sites for hydroxylation is 1. The maximum absolute atomic E-state index is 12.8. The Labute approximate surface area is 156 Å². The number of amides is 4. The Morgan fingerprint density at radius 2 is 2.11 bits per heavy atom. The highest BCUT2D eigenvalue weighted by molar-refractivity contribution is 6.09. The normalized spacial score (nSPS) is 19.7. The molecule has 1 aliphatic heterocycles. The smallest absolute Gasteiger partial charge is 0.325 e. The highest BCUT2D eigenvalue weighted by Gasteiger charge is 2.54. The zero-order valence-corrected chi connectivity index (χ0v) is 15.5. The summed E-state index contributed by atoms with van der Waals surface area (Å²) in [7, 11) is 0. The molecule has 2 N–H and O–H groups in total. The van der Waals surface area contributed by atoms with Crippen LogP contribution in [0.3, 0.4) is 0 Å². The standard InChI is InChI=1S/C19H23N5O3/c1-12-6-5-9-23-11-14(21-15(12)23)10-20-16(25)13(2)24-17(26)19(22-18(24)27)7-3-4-8-19/h5-6,9,11,13H,3-4,7-8,10H2,1-2H3,(H,20,25)(H,22,27). The van der Waals surface area contributed by atoms with E-state index in [2.05, 4.69) is 15.6 Å². The van der Waals surface area contributed by atoms with Crippen molar-refractivity contribution in [2.24, 2.45) is 0 Å². The molecule has 2 fully saturated rings. The number of hydrogen-bond acceptors (Lipinski definition) is 4. The van der Waals surface area contributed by atoms with Crippen LogP contribution in [0.4, 0.5) is 4.79 Å². The first kappa shape index (κ1) is 17.5. The second kappa shape index (κ2) is 6.37. The summed E-state index contributed by atoms with van der Waals surface area (Å²) in [5.41, 5.74) is 1.80. The molecule has 8 nitrogen and oxygen atoms in total. The van der Waals surface area contributed by atoms with Gasteiger partial charge in [0.2, 0.25) is 5.91 Å². The van der Waals surface area contributed by atoms with Crippen LogP contribution < -0.4 is 10.6 Å². The van der Waals surface area contributed by atoms with E-state index in [0.717, 1.165) is 29.0 Å². The minimum absolute atomic E-state index is 0.235. The molecule has 1 saturated carbocycles. The molecule has 4 rings (SSSR count). The lowest BCUT2D eigenvalue weighted by molar-refractivity contribution is -0.137. The van der Waals surface area contributed by atoms with Crippen molar-refractivity contribution in [3.05, 3.63) is 35.8 Å². The van der Waals surface area contributed by atoms with Gasteiger partial charge in [-0.05, 0) is 38.3 Å². The van der Waals surface area contributed by atoms with Gasteiger partial charge in [0.15, 0.2) is 0 Å². The largest absolute Gasteiger partial charge is 0.349 e. The Hall–Kier alpha value is -2.90. The van der Waals surface area contributed by atoms with Crippen LogP contribution in [0.25, 0.3) is 5.65 Å². The minimum Gasteiger partial charge on any atom is -0.349 e. The van der Waals surface area contributed by atoms with Crippen molar-refractivity contribution in [3.63, 3.8) is 0 Å². The number of pyridine rings is 1. The summed E-state index contributed by atoms with van der Waals surface area (Å²) >= 11 is 0. The van der Waals surface area contributed by atoms with Gasteiger partial charge in [-0.1, -0.05) is 18.9 Å². The monoisotopic (exact) mass is 369 g/mol. The lowest BCUT2D eigenvalue weighted by Crippen LogP contribution is -2.49. The Kier molecular flexibility index (Phi) is 4.13. The lowest BCUT2D eigenvalue weighted by atomic mass is 9.97. The molecular weight excluding hydrogens is 346 g/mol. The number of carbonyl (C=O) groups is 3. The van der Waals surface area contributed by atoms with E-state index in [4.69, 9.17) is 0 Å². The molecule has 3 heterocycles. The number of urea groups is 1. The maximum Gasteiger partial charge on any atom is 0.325 e. The van der Waals surface area contributed by atoms with Gasteiger partial charge in [0.1, 0.15) is 17.2 Å². The molecule has 4 amide bonds. The summed E-state index contributed by atoms with van der Waals surface area (Å²) in [6, 6.07) is 2.57. The summed E-state index contributed by atoms with van der Waals surface area (Å²) in [6.07, 6.45) is 6.86. The van der Waals surface area contributed by atoms with E-state index in [9.17, 15) is 14.4 Å². The molecular formula is C19H23N5O3. The van der Waals surface area contributed by atoms with Crippen LogP contribution in [0.1, 0.15) is 43.9 Å². The number of nitrogens with zero attached hydrogens (tertiary/aromatic N) is 3. The van der Waals surface area contributed by atoms with Crippen molar-refractivity contribution in [2.45, 2.75) is 57.7 Å². The van der Waals surface area contributed by atoms with Gasteiger partial charge in [-0.2, -0.15) is 0 Å². The van der Waals surface area contributed by atoms with Crippen molar-refractivity contribution < 1.29 is 14.4 Å². The van der Waals surface area contributed by atoms with E-state index in [0.29, 0.717) is 18.5 Å². The van der Waals surface area contributed by atoms with Gasteiger partial charge < -0.3 is 15.0 Å². The molecule has 1 saturated heterocycles. The number of imidazole rings is 1. The Morgan fingerprint density at radius 1 is 1.37 bits per heavy atom. The molecule has 2 aromatic heterocycles. The van der Waals surface area contributed by atoms with Crippen LogP contribution in [0, 0.1) is 6.92 Å². The third-order valence-electron chi connectivity index (χ3n) is 5.59. The first-order valence-corrected chi connectivity index (χ1v) is 9.28. The van der Waals surface area contributed by atoms with Gasteiger partial charge in [-0.15, -0.1) is 0 Å².